The van der Waals surface area contributed by atoms with E-state index in [-0.39, 0.29) is 0 Å². The molecule has 156 valence electrons. The molecule has 0 unspecified atom stereocenters. The molecule has 0 saturated carbocycles. The number of aromatic nitrogens is 10. The maximum atomic E-state index is 5.18. The van der Waals surface area contributed by atoms with Gasteiger partial charge in [-0.1, -0.05) is 0 Å². The van der Waals surface area contributed by atoms with E-state index in [1.165, 1.54) is 4.80 Å². The summed E-state index contributed by atoms with van der Waals surface area (Å²) in [6.07, 6.45) is 5.13. The molecule has 0 radical (unpaired) electrons. The average Bonchev–Trinajstić information content (AvgIpc) is 3.47. The fourth-order valence-electron chi connectivity index (χ4n) is 3.26. The minimum absolute atomic E-state index is 0.471. The Labute approximate surface area is 176 Å². The Morgan fingerprint density at radius 2 is 1.81 bits per heavy atom. The first-order chi connectivity index (χ1) is 15.0. The number of pyridine rings is 1. The van der Waals surface area contributed by atoms with Crippen molar-refractivity contribution in [3.63, 3.8) is 0 Å². The lowest BCUT2D eigenvalue weighted by Crippen LogP contribution is -2.02. The van der Waals surface area contributed by atoms with Crippen LogP contribution in [0.15, 0.2) is 36.8 Å². The molecular formula is C19H19N11O. The molecule has 0 amide bonds. The quantitative estimate of drug-likeness (QED) is 0.455. The number of rotatable bonds is 5. The predicted molar refractivity (Wildman–Crippen MR) is 113 cm³/mol. The molecule has 0 fully saturated rings. The van der Waals surface area contributed by atoms with E-state index < -0.39 is 0 Å². The minimum atomic E-state index is 0.471. The lowest BCUT2D eigenvalue weighted by atomic mass is 10.1. The average molecular weight is 417 g/mol. The number of hydrogen-bond donors (Lipinski definition) is 1. The molecule has 0 aliphatic carbocycles. The third kappa shape index (κ3) is 3.33. The van der Waals surface area contributed by atoms with Crippen LogP contribution < -0.4 is 10.1 Å². The molecular weight excluding hydrogens is 398 g/mol. The summed E-state index contributed by atoms with van der Waals surface area (Å²) in [5.41, 5.74) is 2.96. The Hall–Kier alpha value is -4.35. The highest BCUT2D eigenvalue weighted by atomic mass is 16.5. The van der Waals surface area contributed by atoms with Gasteiger partial charge in [-0.3, -0.25) is 9.36 Å². The summed E-state index contributed by atoms with van der Waals surface area (Å²) in [4.78, 5) is 14.9. The highest BCUT2D eigenvalue weighted by molar-refractivity contribution is 5.93. The van der Waals surface area contributed by atoms with E-state index in [0.717, 1.165) is 28.1 Å². The van der Waals surface area contributed by atoms with Gasteiger partial charge in [0.05, 0.1) is 19.5 Å². The van der Waals surface area contributed by atoms with Gasteiger partial charge in [-0.15, -0.1) is 0 Å². The molecule has 12 nitrogen and oxygen atoms in total. The second-order valence-corrected chi connectivity index (χ2v) is 6.87. The number of aryl methyl sites for hydroxylation is 3. The molecule has 0 aliphatic rings. The van der Waals surface area contributed by atoms with Crippen molar-refractivity contribution < 1.29 is 4.74 Å². The summed E-state index contributed by atoms with van der Waals surface area (Å²) >= 11 is 0. The largest absolute Gasteiger partial charge is 0.481 e. The molecule has 0 saturated heterocycles. The maximum absolute atomic E-state index is 5.18. The topological polar surface area (TPSA) is 126 Å². The van der Waals surface area contributed by atoms with Crippen LogP contribution in [0, 0.1) is 0 Å². The van der Waals surface area contributed by atoms with E-state index in [4.69, 9.17) is 9.72 Å². The number of anilines is 2. The van der Waals surface area contributed by atoms with Crippen LogP contribution in [-0.2, 0) is 21.1 Å². The number of fused-ring (bicyclic) bond motifs is 1. The second-order valence-electron chi connectivity index (χ2n) is 6.87. The Kier molecular flexibility index (Phi) is 4.31. The number of hydrogen-bond acceptors (Lipinski definition) is 9. The van der Waals surface area contributed by atoms with Crippen molar-refractivity contribution in [1.29, 1.82) is 0 Å². The van der Waals surface area contributed by atoms with Gasteiger partial charge in [-0.05, 0) is 6.07 Å². The molecule has 5 heterocycles. The van der Waals surface area contributed by atoms with Crippen molar-refractivity contribution in [3.05, 3.63) is 36.8 Å². The standard InChI is InChI=1S/C19H19N11O/c1-28-16(8-13(26-28)18-20-6-5-17(25-18)31-4)23-15-7-11(14-10-22-30(3)27-14)12-9-21-29(2)19(12)24-15/h5-10H,1-4H3,(H,23,24). The fourth-order valence-corrected chi connectivity index (χ4v) is 3.26. The maximum Gasteiger partial charge on any atom is 0.216 e. The van der Waals surface area contributed by atoms with Crippen LogP contribution in [-0.4, -0.2) is 56.6 Å². The smallest absolute Gasteiger partial charge is 0.216 e. The highest BCUT2D eigenvalue weighted by Crippen LogP contribution is 2.30. The summed E-state index contributed by atoms with van der Waals surface area (Å²) in [6, 6.07) is 5.46. The van der Waals surface area contributed by atoms with Gasteiger partial charge in [0.1, 0.15) is 23.0 Å². The van der Waals surface area contributed by atoms with Crippen molar-refractivity contribution in [2.24, 2.45) is 21.1 Å². The van der Waals surface area contributed by atoms with E-state index in [0.29, 0.717) is 23.2 Å². The van der Waals surface area contributed by atoms with Crippen molar-refractivity contribution in [3.8, 4) is 28.7 Å². The third-order valence-corrected chi connectivity index (χ3v) is 4.78. The van der Waals surface area contributed by atoms with Crippen LogP contribution in [0.25, 0.3) is 33.8 Å². The van der Waals surface area contributed by atoms with Crippen LogP contribution in [0.2, 0.25) is 0 Å². The van der Waals surface area contributed by atoms with E-state index in [1.807, 2.05) is 26.2 Å². The molecule has 31 heavy (non-hydrogen) atoms. The Morgan fingerprint density at radius 1 is 0.935 bits per heavy atom. The van der Waals surface area contributed by atoms with Gasteiger partial charge < -0.3 is 10.1 Å². The molecule has 0 atom stereocenters. The van der Waals surface area contributed by atoms with Crippen LogP contribution in [0.1, 0.15) is 0 Å². The molecule has 0 bridgehead atoms. The van der Waals surface area contributed by atoms with E-state index in [1.54, 1.807) is 48.2 Å². The van der Waals surface area contributed by atoms with Gasteiger partial charge in [0.15, 0.2) is 11.5 Å². The Morgan fingerprint density at radius 3 is 2.58 bits per heavy atom. The van der Waals surface area contributed by atoms with Crippen molar-refractivity contribution in [2.45, 2.75) is 0 Å². The molecule has 0 spiro atoms. The fraction of sp³-hybridized carbons (Fsp3) is 0.211. The van der Waals surface area contributed by atoms with E-state index in [2.05, 4.69) is 35.7 Å². The molecule has 12 heteroatoms. The first-order valence-corrected chi connectivity index (χ1v) is 9.40. The normalized spacial score (nSPS) is 11.2. The monoisotopic (exact) mass is 417 g/mol. The van der Waals surface area contributed by atoms with Gasteiger partial charge in [-0.2, -0.15) is 30.2 Å². The zero-order valence-corrected chi connectivity index (χ0v) is 17.3. The molecule has 5 aromatic heterocycles. The number of methoxy groups -OCH3 is 1. The summed E-state index contributed by atoms with van der Waals surface area (Å²) in [6.45, 7) is 0. The van der Waals surface area contributed by atoms with E-state index in [9.17, 15) is 0 Å². The Bertz CT molecular complexity index is 1400. The number of ether oxygens (including phenoxy) is 1. The summed E-state index contributed by atoms with van der Waals surface area (Å²) in [5.74, 6) is 2.29. The van der Waals surface area contributed by atoms with Gasteiger partial charge >= 0.3 is 0 Å². The molecule has 0 aromatic carbocycles. The van der Waals surface area contributed by atoms with Crippen LogP contribution >= 0.6 is 0 Å². The van der Waals surface area contributed by atoms with Crippen LogP contribution in [0.4, 0.5) is 11.6 Å². The minimum Gasteiger partial charge on any atom is -0.481 e. The van der Waals surface area contributed by atoms with Crippen LogP contribution in [0.3, 0.4) is 0 Å². The second kappa shape index (κ2) is 7.16. The number of nitrogens with zero attached hydrogens (tertiary/aromatic N) is 10. The van der Waals surface area contributed by atoms with Crippen LogP contribution in [0.5, 0.6) is 5.88 Å². The first kappa shape index (κ1) is 18.7. The van der Waals surface area contributed by atoms with Gasteiger partial charge in [-0.25, -0.2) is 9.97 Å². The highest BCUT2D eigenvalue weighted by Gasteiger charge is 2.16. The van der Waals surface area contributed by atoms with Gasteiger partial charge in [0.25, 0.3) is 0 Å². The van der Waals surface area contributed by atoms with Gasteiger partial charge in [0, 0.05) is 50.4 Å². The summed E-state index contributed by atoms with van der Waals surface area (Å²) < 4.78 is 8.60. The predicted octanol–water partition coefficient (Wildman–Crippen LogP) is 1.71. The zero-order valence-electron chi connectivity index (χ0n) is 17.3. The van der Waals surface area contributed by atoms with Gasteiger partial charge in [0.2, 0.25) is 5.88 Å². The lowest BCUT2D eigenvalue weighted by molar-refractivity contribution is 0.397. The molecule has 1 N–H and O–H groups in total. The van der Waals surface area contributed by atoms with Crippen molar-refractivity contribution >= 4 is 22.7 Å². The molecule has 0 aliphatic heterocycles. The van der Waals surface area contributed by atoms with Crippen molar-refractivity contribution in [1.82, 2.24) is 49.5 Å². The third-order valence-electron chi connectivity index (χ3n) is 4.78. The Balaban J connectivity index is 1.55. The zero-order chi connectivity index (χ0) is 21.5. The molecule has 5 aromatic rings. The molecule has 5 rings (SSSR count). The summed E-state index contributed by atoms with van der Waals surface area (Å²) in [7, 11) is 7.02. The summed E-state index contributed by atoms with van der Waals surface area (Å²) in [5, 5.41) is 21.7. The van der Waals surface area contributed by atoms with E-state index >= 15 is 0 Å². The SMILES string of the molecule is COc1ccnc(-c2cc(Nc3cc(-c4cnn(C)n4)c4cnn(C)c4n3)n(C)n2)n1. The lowest BCUT2D eigenvalue weighted by Gasteiger charge is -2.08. The first-order valence-electron chi connectivity index (χ1n) is 9.40. The van der Waals surface area contributed by atoms with Crippen molar-refractivity contribution in [2.75, 3.05) is 12.4 Å². The number of nitrogens with one attached hydrogen (secondary N) is 1.